The van der Waals surface area contributed by atoms with Gasteiger partial charge in [-0.1, -0.05) is 36.8 Å². The molecule has 0 bridgehead atoms. The van der Waals surface area contributed by atoms with E-state index in [9.17, 15) is 13.2 Å². The predicted molar refractivity (Wildman–Crippen MR) is 106 cm³/mol. The summed E-state index contributed by atoms with van der Waals surface area (Å²) in [5.74, 6) is 0.625. The predicted octanol–water partition coefficient (Wildman–Crippen LogP) is 3.35. The smallest absolute Gasteiger partial charge is 0.253 e. The monoisotopic (exact) mass is 386 g/mol. The van der Waals surface area contributed by atoms with Crippen molar-refractivity contribution in [1.82, 2.24) is 9.62 Å². The summed E-state index contributed by atoms with van der Waals surface area (Å²) in [5.41, 5.74) is 2.52. The Balaban J connectivity index is 1.65. The summed E-state index contributed by atoms with van der Waals surface area (Å²) in [6.07, 6.45) is 2.03. The molecule has 5 nitrogen and oxygen atoms in total. The van der Waals surface area contributed by atoms with Crippen LogP contribution in [0.4, 0.5) is 0 Å². The maximum absolute atomic E-state index is 12.6. The molecular formula is C21H26N2O3S. The molecule has 3 rings (SSSR count). The summed E-state index contributed by atoms with van der Waals surface area (Å²) in [4.78, 5) is 14.6. The normalized spacial score (nSPS) is 15.7. The van der Waals surface area contributed by atoms with E-state index >= 15 is 0 Å². The van der Waals surface area contributed by atoms with Crippen molar-refractivity contribution < 1.29 is 13.2 Å². The molecule has 0 unspecified atom stereocenters. The zero-order valence-corrected chi connectivity index (χ0v) is 16.6. The first kappa shape index (κ1) is 19.6. The van der Waals surface area contributed by atoms with Gasteiger partial charge >= 0.3 is 0 Å². The number of likely N-dealkylation sites (tertiary alicyclic amines) is 1. The van der Waals surface area contributed by atoms with E-state index in [0.29, 0.717) is 11.5 Å². The summed E-state index contributed by atoms with van der Waals surface area (Å²) in [6, 6.07) is 13.9. The first-order chi connectivity index (χ1) is 12.8. The van der Waals surface area contributed by atoms with Gasteiger partial charge in [-0.05, 0) is 55.5 Å². The van der Waals surface area contributed by atoms with Gasteiger partial charge in [-0.3, -0.25) is 4.79 Å². The van der Waals surface area contributed by atoms with Crippen molar-refractivity contribution in [1.29, 1.82) is 0 Å². The molecule has 144 valence electrons. The van der Waals surface area contributed by atoms with Crippen LogP contribution < -0.4 is 4.72 Å². The lowest BCUT2D eigenvalue weighted by molar-refractivity contribution is 0.0697. The van der Waals surface area contributed by atoms with Crippen LogP contribution in [0.5, 0.6) is 0 Å². The van der Waals surface area contributed by atoms with Crippen molar-refractivity contribution in [3.63, 3.8) is 0 Å². The molecule has 1 saturated heterocycles. The van der Waals surface area contributed by atoms with Gasteiger partial charge in [0.25, 0.3) is 5.91 Å². The van der Waals surface area contributed by atoms with Crippen molar-refractivity contribution in [2.24, 2.45) is 5.92 Å². The number of hydrogen-bond donors (Lipinski definition) is 1. The van der Waals surface area contributed by atoms with E-state index in [2.05, 4.69) is 11.6 Å². The highest BCUT2D eigenvalue weighted by Crippen LogP contribution is 2.19. The second-order valence-corrected chi connectivity index (χ2v) is 9.08. The van der Waals surface area contributed by atoms with Crippen LogP contribution in [0.25, 0.3) is 0 Å². The molecule has 27 heavy (non-hydrogen) atoms. The van der Waals surface area contributed by atoms with Crippen LogP contribution in [0, 0.1) is 12.8 Å². The number of piperidine rings is 1. The lowest BCUT2D eigenvalue weighted by Crippen LogP contribution is -2.37. The number of amides is 1. The SMILES string of the molecule is Cc1cccc(CNS(=O)(=O)c2ccc(C(=O)N3CCC(C)CC3)cc2)c1. The van der Waals surface area contributed by atoms with Gasteiger partial charge in [0.1, 0.15) is 0 Å². The molecule has 0 saturated carbocycles. The van der Waals surface area contributed by atoms with E-state index in [1.807, 2.05) is 36.1 Å². The second kappa shape index (κ2) is 8.23. The van der Waals surface area contributed by atoms with E-state index < -0.39 is 10.0 Å². The Bertz CT molecular complexity index is 899. The van der Waals surface area contributed by atoms with Crippen molar-refractivity contribution >= 4 is 15.9 Å². The molecule has 2 aromatic rings. The number of carbonyl (C=O) groups excluding carboxylic acids is 1. The van der Waals surface area contributed by atoms with E-state index in [1.165, 1.54) is 12.1 Å². The van der Waals surface area contributed by atoms with Crippen LogP contribution in [0.2, 0.25) is 0 Å². The number of hydrogen-bond acceptors (Lipinski definition) is 3. The molecule has 0 aliphatic carbocycles. The molecule has 1 aliphatic rings. The van der Waals surface area contributed by atoms with Crippen LogP contribution in [-0.2, 0) is 16.6 Å². The molecule has 0 atom stereocenters. The largest absolute Gasteiger partial charge is 0.339 e. The molecule has 0 radical (unpaired) electrons. The molecule has 2 aromatic carbocycles. The molecule has 0 spiro atoms. The minimum Gasteiger partial charge on any atom is -0.339 e. The van der Waals surface area contributed by atoms with Crippen molar-refractivity contribution in [2.45, 2.75) is 38.1 Å². The van der Waals surface area contributed by atoms with Gasteiger partial charge in [-0.2, -0.15) is 0 Å². The minimum atomic E-state index is -3.62. The van der Waals surface area contributed by atoms with Gasteiger partial charge in [-0.15, -0.1) is 0 Å². The zero-order chi connectivity index (χ0) is 19.4. The van der Waals surface area contributed by atoms with E-state index in [4.69, 9.17) is 0 Å². The number of sulfonamides is 1. The van der Waals surface area contributed by atoms with Crippen LogP contribution in [-0.4, -0.2) is 32.3 Å². The quantitative estimate of drug-likeness (QED) is 0.857. The number of nitrogens with zero attached hydrogens (tertiary/aromatic N) is 1. The first-order valence-electron chi connectivity index (χ1n) is 9.30. The van der Waals surface area contributed by atoms with E-state index in [-0.39, 0.29) is 17.3 Å². The lowest BCUT2D eigenvalue weighted by atomic mass is 9.98. The van der Waals surface area contributed by atoms with Gasteiger partial charge in [0.15, 0.2) is 0 Å². The van der Waals surface area contributed by atoms with Crippen molar-refractivity contribution in [2.75, 3.05) is 13.1 Å². The average Bonchev–Trinajstić information content (AvgIpc) is 2.67. The fourth-order valence-corrected chi connectivity index (χ4v) is 4.27. The molecule has 1 aliphatic heterocycles. The third kappa shape index (κ3) is 4.96. The highest BCUT2D eigenvalue weighted by atomic mass is 32.2. The molecular weight excluding hydrogens is 360 g/mol. The Morgan fingerprint density at radius 3 is 2.41 bits per heavy atom. The minimum absolute atomic E-state index is 0.0291. The van der Waals surface area contributed by atoms with Crippen LogP contribution in [0.15, 0.2) is 53.4 Å². The standard InChI is InChI=1S/C21H26N2O3S/c1-16-10-12-23(13-11-16)21(24)19-6-8-20(9-7-19)27(25,26)22-15-18-5-3-4-17(2)14-18/h3-9,14,16,22H,10-13,15H2,1-2H3. The first-order valence-corrected chi connectivity index (χ1v) is 10.8. The fourth-order valence-electron chi connectivity index (χ4n) is 3.25. The van der Waals surface area contributed by atoms with E-state index in [1.54, 1.807) is 12.1 Å². The highest BCUT2D eigenvalue weighted by Gasteiger charge is 2.22. The Morgan fingerprint density at radius 1 is 1.11 bits per heavy atom. The summed E-state index contributed by atoms with van der Waals surface area (Å²) in [6.45, 7) is 5.93. The van der Waals surface area contributed by atoms with Gasteiger partial charge in [0.2, 0.25) is 10.0 Å². The number of rotatable bonds is 5. The zero-order valence-electron chi connectivity index (χ0n) is 15.8. The van der Waals surface area contributed by atoms with Crippen LogP contribution in [0.1, 0.15) is 41.3 Å². The van der Waals surface area contributed by atoms with Gasteiger partial charge in [-0.25, -0.2) is 13.1 Å². The maximum Gasteiger partial charge on any atom is 0.253 e. The average molecular weight is 387 g/mol. The van der Waals surface area contributed by atoms with Crippen molar-refractivity contribution in [3.8, 4) is 0 Å². The van der Waals surface area contributed by atoms with Crippen LogP contribution >= 0.6 is 0 Å². The van der Waals surface area contributed by atoms with Gasteiger partial charge < -0.3 is 4.90 Å². The Kier molecular flexibility index (Phi) is 5.97. The third-order valence-corrected chi connectivity index (χ3v) is 6.45. The summed E-state index contributed by atoms with van der Waals surface area (Å²) in [7, 11) is -3.62. The van der Waals surface area contributed by atoms with Crippen LogP contribution in [0.3, 0.4) is 0 Å². The maximum atomic E-state index is 12.6. The molecule has 0 aromatic heterocycles. The Morgan fingerprint density at radius 2 is 1.78 bits per heavy atom. The second-order valence-electron chi connectivity index (χ2n) is 7.31. The summed E-state index contributed by atoms with van der Waals surface area (Å²) < 4.78 is 27.6. The molecule has 1 heterocycles. The molecule has 1 N–H and O–H groups in total. The molecule has 1 amide bonds. The Hall–Kier alpha value is -2.18. The lowest BCUT2D eigenvalue weighted by Gasteiger charge is -2.30. The molecule has 1 fully saturated rings. The fraction of sp³-hybridized carbons (Fsp3) is 0.381. The number of benzene rings is 2. The Labute approximate surface area is 161 Å². The highest BCUT2D eigenvalue weighted by molar-refractivity contribution is 7.89. The van der Waals surface area contributed by atoms with Gasteiger partial charge in [0, 0.05) is 25.2 Å². The van der Waals surface area contributed by atoms with E-state index in [0.717, 1.165) is 37.1 Å². The van der Waals surface area contributed by atoms with Crippen molar-refractivity contribution in [3.05, 3.63) is 65.2 Å². The third-order valence-electron chi connectivity index (χ3n) is 5.03. The number of nitrogens with one attached hydrogen (secondary N) is 1. The topological polar surface area (TPSA) is 66.5 Å². The summed E-state index contributed by atoms with van der Waals surface area (Å²) in [5, 5.41) is 0. The number of aryl methyl sites for hydroxylation is 1. The summed E-state index contributed by atoms with van der Waals surface area (Å²) >= 11 is 0. The molecule has 6 heteroatoms. The number of carbonyl (C=O) groups is 1. The van der Waals surface area contributed by atoms with Gasteiger partial charge in [0.05, 0.1) is 4.90 Å².